The number of carboxylic acid groups (broad SMARTS) is 1. The van der Waals surface area contributed by atoms with Gasteiger partial charge in [-0.15, -0.1) is 0 Å². The number of aromatic carboxylic acids is 1. The highest BCUT2D eigenvalue weighted by atomic mass is 16.5. The van der Waals surface area contributed by atoms with Crippen molar-refractivity contribution in [2.24, 2.45) is 5.92 Å². The van der Waals surface area contributed by atoms with Gasteiger partial charge in [0.25, 0.3) is 0 Å². The summed E-state index contributed by atoms with van der Waals surface area (Å²) in [6, 6.07) is 15.0. The van der Waals surface area contributed by atoms with Crippen molar-refractivity contribution in [1.29, 1.82) is 0 Å². The van der Waals surface area contributed by atoms with Crippen molar-refractivity contribution < 1.29 is 24.5 Å². The highest BCUT2D eigenvalue weighted by molar-refractivity contribution is 5.92. The Labute approximate surface area is 205 Å². The van der Waals surface area contributed by atoms with Gasteiger partial charge in [0.1, 0.15) is 23.2 Å². The molecule has 2 unspecified atom stereocenters. The van der Waals surface area contributed by atoms with Crippen LogP contribution in [0, 0.1) is 5.92 Å². The van der Waals surface area contributed by atoms with E-state index >= 15 is 0 Å². The zero-order valence-corrected chi connectivity index (χ0v) is 20.1. The zero-order chi connectivity index (χ0) is 24.8. The third kappa shape index (κ3) is 6.38. The van der Waals surface area contributed by atoms with Crippen LogP contribution in [0.5, 0.6) is 11.5 Å². The summed E-state index contributed by atoms with van der Waals surface area (Å²) in [5.41, 5.74) is 3.98. The molecule has 2 heterocycles. The molecule has 7 nitrogen and oxygen atoms in total. The molecule has 3 aromatic rings. The summed E-state index contributed by atoms with van der Waals surface area (Å²) in [4.78, 5) is 15.6. The van der Waals surface area contributed by atoms with Crippen LogP contribution in [0.3, 0.4) is 0 Å². The molecule has 2 aromatic carbocycles. The molecule has 0 saturated heterocycles. The summed E-state index contributed by atoms with van der Waals surface area (Å²) in [5.74, 6) is 0.541. The van der Waals surface area contributed by atoms with Crippen LogP contribution in [0.1, 0.15) is 47.9 Å². The number of carbonyl (C=O) groups is 1. The largest absolute Gasteiger partial charge is 0.492 e. The highest BCUT2D eigenvalue weighted by Crippen LogP contribution is 2.34. The van der Waals surface area contributed by atoms with Crippen molar-refractivity contribution >= 4 is 5.97 Å². The Hall–Kier alpha value is -3.42. The molecule has 1 aliphatic heterocycles. The second kappa shape index (κ2) is 11.3. The van der Waals surface area contributed by atoms with Crippen LogP contribution in [0.4, 0.5) is 0 Å². The predicted octanol–water partition coefficient (Wildman–Crippen LogP) is 4.50. The first-order valence-corrected chi connectivity index (χ1v) is 12.0. The van der Waals surface area contributed by atoms with E-state index in [1.54, 1.807) is 24.5 Å². The average Bonchev–Trinajstić information content (AvgIpc) is 2.87. The minimum atomic E-state index is -0.998. The number of hydrogen-bond acceptors (Lipinski definition) is 6. The topological polar surface area (TPSA) is 101 Å². The lowest BCUT2D eigenvalue weighted by Crippen LogP contribution is -2.36. The lowest BCUT2D eigenvalue weighted by molar-refractivity contribution is 0.0691. The van der Waals surface area contributed by atoms with Gasteiger partial charge in [0.05, 0.1) is 12.7 Å². The number of nitrogens with one attached hydrogen (secondary N) is 1. The Morgan fingerprint density at radius 2 is 2.00 bits per heavy atom. The van der Waals surface area contributed by atoms with Crippen LogP contribution >= 0.6 is 0 Å². The molecule has 2 atom stereocenters. The molecule has 3 N–H and O–H groups in total. The van der Waals surface area contributed by atoms with Crippen LogP contribution in [-0.2, 0) is 6.42 Å². The maximum Gasteiger partial charge on any atom is 0.339 e. The van der Waals surface area contributed by atoms with Crippen molar-refractivity contribution in [2.45, 2.75) is 38.9 Å². The molecule has 0 amide bonds. The van der Waals surface area contributed by atoms with Crippen molar-refractivity contribution in [3.8, 4) is 22.6 Å². The zero-order valence-electron chi connectivity index (χ0n) is 20.1. The number of aliphatic hydroxyl groups excluding tert-OH is 1. The lowest BCUT2D eigenvalue weighted by Gasteiger charge is -2.27. The fourth-order valence-electron chi connectivity index (χ4n) is 4.09. The first-order valence-electron chi connectivity index (χ1n) is 12.0. The normalized spacial score (nSPS) is 15.8. The Morgan fingerprint density at radius 1 is 1.20 bits per heavy atom. The Balaban J connectivity index is 1.39. The van der Waals surface area contributed by atoms with Gasteiger partial charge in [-0.25, -0.2) is 4.79 Å². The molecule has 1 aromatic heterocycles. The van der Waals surface area contributed by atoms with E-state index in [1.807, 2.05) is 44.2 Å². The lowest BCUT2D eigenvalue weighted by atomic mass is 9.96. The van der Waals surface area contributed by atoms with Crippen LogP contribution in [0.15, 0.2) is 60.9 Å². The van der Waals surface area contributed by atoms with Crippen molar-refractivity contribution in [3.05, 3.63) is 77.6 Å². The number of aryl methyl sites for hydroxylation is 1. The average molecular weight is 477 g/mol. The molecule has 4 rings (SSSR count). The van der Waals surface area contributed by atoms with Gasteiger partial charge < -0.3 is 25.0 Å². The number of aliphatic hydroxyl groups is 1. The molecule has 184 valence electrons. The summed E-state index contributed by atoms with van der Waals surface area (Å²) < 4.78 is 12.0. The van der Waals surface area contributed by atoms with E-state index < -0.39 is 12.1 Å². The summed E-state index contributed by atoms with van der Waals surface area (Å²) in [7, 11) is 0. The molecular formula is C28H32N2O5. The molecule has 0 radical (unpaired) electrons. The van der Waals surface area contributed by atoms with Gasteiger partial charge in [0.2, 0.25) is 0 Å². The molecule has 0 aliphatic carbocycles. The van der Waals surface area contributed by atoms with Crippen LogP contribution in [-0.4, -0.2) is 47.0 Å². The number of aromatic nitrogens is 1. The summed E-state index contributed by atoms with van der Waals surface area (Å²) in [6.45, 7) is 5.59. The minimum Gasteiger partial charge on any atom is -0.492 e. The number of ether oxygens (including phenoxy) is 2. The number of pyridine rings is 1. The number of benzene rings is 2. The molecule has 0 bridgehead atoms. The van der Waals surface area contributed by atoms with Crippen molar-refractivity contribution in [2.75, 3.05) is 19.7 Å². The van der Waals surface area contributed by atoms with Gasteiger partial charge in [-0.2, -0.15) is 0 Å². The first-order chi connectivity index (χ1) is 16.9. The highest BCUT2D eigenvalue weighted by Gasteiger charge is 2.21. The van der Waals surface area contributed by atoms with Gasteiger partial charge in [0, 0.05) is 31.0 Å². The van der Waals surface area contributed by atoms with Crippen molar-refractivity contribution in [3.63, 3.8) is 0 Å². The SMILES string of the molecule is CC(C)COc1cc(-c2ccc3c(c2)CCC(CNCC(O)c2cccnc2)O3)ccc1C(=O)O. The molecule has 7 heteroatoms. The molecular weight excluding hydrogens is 444 g/mol. The van der Waals surface area contributed by atoms with E-state index in [-0.39, 0.29) is 11.7 Å². The Bertz CT molecular complexity index is 1150. The second-order valence-corrected chi connectivity index (χ2v) is 9.28. The number of fused-ring (bicyclic) bond motifs is 1. The predicted molar refractivity (Wildman–Crippen MR) is 134 cm³/mol. The second-order valence-electron chi connectivity index (χ2n) is 9.28. The molecule has 35 heavy (non-hydrogen) atoms. The summed E-state index contributed by atoms with van der Waals surface area (Å²) in [6.07, 6.45) is 4.53. The summed E-state index contributed by atoms with van der Waals surface area (Å²) in [5, 5.41) is 23.1. The fraction of sp³-hybridized carbons (Fsp3) is 0.357. The van der Waals surface area contributed by atoms with E-state index in [1.165, 1.54) is 0 Å². The monoisotopic (exact) mass is 476 g/mol. The third-order valence-corrected chi connectivity index (χ3v) is 5.99. The third-order valence-electron chi connectivity index (χ3n) is 5.99. The van der Waals surface area contributed by atoms with Gasteiger partial charge in [-0.05, 0) is 65.8 Å². The van der Waals surface area contributed by atoms with E-state index in [9.17, 15) is 15.0 Å². The number of hydrogen-bond donors (Lipinski definition) is 3. The number of rotatable bonds is 10. The van der Waals surface area contributed by atoms with Crippen LogP contribution < -0.4 is 14.8 Å². The molecule has 0 spiro atoms. The quantitative estimate of drug-likeness (QED) is 0.396. The van der Waals surface area contributed by atoms with Crippen LogP contribution in [0.2, 0.25) is 0 Å². The van der Waals surface area contributed by atoms with E-state index in [0.29, 0.717) is 31.4 Å². The maximum atomic E-state index is 11.6. The molecule has 1 aliphatic rings. The van der Waals surface area contributed by atoms with Gasteiger partial charge >= 0.3 is 5.97 Å². The molecule has 0 saturated carbocycles. The minimum absolute atomic E-state index is 0.0281. The Kier molecular flexibility index (Phi) is 8.00. The van der Waals surface area contributed by atoms with E-state index in [4.69, 9.17) is 9.47 Å². The maximum absolute atomic E-state index is 11.6. The smallest absolute Gasteiger partial charge is 0.339 e. The van der Waals surface area contributed by atoms with Crippen LogP contribution in [0.25, 0.3) is 11.1 Å². The van der Waals surface area contributed by atoms with E-state index in [0.717, 1.165) is 40.8 Å². The molecule has 0 fully saturated rings. The van der Waals surface area contributed by atoms with Gasteiger partial charge in [-0.1, -0.05) is 32.0 Å². The van der Waals surface area contributed by atoms with Gasteiger partial charge in [0.15, 0.2) is 0 Å². The van der Waals surface area contributed by atoms with E-state index in [2.05, 4.69) is 16.4 Å². The first kappa shape index (κ1) is 24.7. The van der Waals surface area contributed by atoms with Crippen molar-refractivity contribution in [1.82, 2.24) is 10.3 Å². The van der Waals surface area contributed by atoms with Gasteiger partial charge in [-0.3, -0.25) is 4.98 Å². The number of nitrogens with zero attached hydrogens (tertiary/aromatic N) is 1. The standard InChI is InChI=1S/C28H32N2O5/c1-18(2)17-34-27-13-20(6-9-24(27)28(32)33)19-7-10-26-21(12-19)5-8-23(35-26)15-30-16-25(31)22-4-3-11-29-14-22/h3-4,6-7,9-14,18,23,25,30-31H,5,8,15-17H2,1-2H3,(H,32,33). The Morgan fingerprint density at radius 3 is 2.74 bits per heavy atom. The summed E-state index contributed by atoms with van der Waals surface area (Å²) >= 11 is 0. The fourth-order valence-corrected chi connectivity index (χ4v) is 4.09. The number of carboxylic acids is 1.